The minimum absolute atomic E-state index is 0.0827. The number of aliphatic hydroxyl groups is 1. The first-order valence-electron chi connectivity index (χ1n) is 7.32. The van der Waals surface area contributed by atoms with Gasteiger partial charge in [-0.3, -0.25) is 9.36 Å². The Kier molecular flexibility index (Phi) is 4.71. The summed E-state index contributed by atoms with van der Waals surface area (Å²) >= 11 is 0. The number of carbonyl (C=O) groups is 1. The highest BCUT2D eigenvalue weighted by Crippen LogP contribution is 2.21. The lowest BCUT2D eigenvalue weighted by atomic mass is 9.87. The lowest BCUT2D eigenvalue weighted by Gasteiger charge is -2.26. The normalized spacial score (nSPS) is 13.3. The van der Waals surface area contributed by atoms with E-state index in [1.54, 1.807) is 31.2 Å². The highest BCUT2D eigenvalue weighted by Gasteiger charge is 2.21. The van der Waals surface area contributed by atoms with E-state index < -0.39 is 11.9 Å². The van der Waals surface area contributed by atoms with E-state index in [1.165, 1.54) is 4.57 Å². The van der Waals surface area contributed by atoms with Gasteiger partial charge in [-0.15, -0.1) is 0 Å². The third-order valence-corrected chi connectivity index (χ3v) is 3.49. The second kappa shape index (κ2) is 6.36. The fraction of sp³-hybridized carbons (Fsp3) is 0.500. The molecule has 0 bridgehead atoms. The Hall–Kier alpha value is -2.08. The number of rotatable bonds is 6. The molecule has 1 unspecified atom stereocenters. The number of benzene rings is 1. The number of amides is 1. The van der Waals surface area contributed by atoms with Gasteiger partial charge in [0.1, 0.15) is 6.54 Å². The molecule has 120 valence electrons. The molecule has 0 radical (unpaired) electrons. The summed E-state index contributed by atoms with van der Waals surface area (Å²) in [6.45, 7) is 6.02. The van der Waals surface area contributed by atoms with Gasteiger partial charge in [-0.25, -0.2) is 4.79 Å². The number of hydrogen-bond acceptors (Lipinski definition) is 4. The van der Waals surface area contributed by atoms with Crippen LogP contribution >= 0.6 is 0 Å². The van der Waals surface area contributed by atoms with E-state index in [9.17, 15) is 14.7 Å². The molecular formula is C16H22N2O4. The van der Waals surface area contributed by atoms with Crippen molar-refractivity contribution in [1.82, 2.24) is 9.88 Å². The molecular weight excluding hydrogens is 284 g/mol. The van der Waals surface area contributed by atoms with Crippen molar-refractivity contribution in [2.75, 3.05) is 6.54 Å². The molecule has 0 fully saturated rings. The zero-order valence-corrected chi connectivity index (χ0v) is 13.1. The first kappa shape index (κ1) is 16.3. The number of para-hydroxylation sites is 2. The summed E-state index contributed by atoms with van der Waals surface area (Å²) in [5, 5.41) is 12.3. The summed E-state index contributed by atoms with van der Waals surface area (Å²) in [6, 6.07) is 6.99. The second-order valence-corrected chi connectivity index (χ2v) is 6.42. The van der Waals surface area contributed by atoms with Gasteiger partial charge in [0.2, 0.25) is 5.91 Å². The molecule has 2 rings (SSSR count). The number of carbonyl (C=O) groups excluding carboxylic acids is 1. The van der Waals surface area contributed by atoms with Crippen molar-refractivity contribution >= 4 is 17.0 Å². The summed E-state index contributed by atoms with van der Waals surface area (Å²) in [7, 11) is 0. The van der Waals surface area contributed by atoms with E-state index >= 15 is 0 Å². The summed E-state index contributed by atoms with van der Waals surface area (Å²) in [4.78, 5) is 23.9. The van der Waals surface area contributed by atoms with Crippen LogP contribution in [0, 0.1) is 5.41 Å². The van der Waals surface area contributed by atoms with Crippen molar-refractivity contribution in [3.8, 4) is 0 Å². The van der Waals surface area contributed by atoms with Crippen LogP contribution < -0.4 is 11.1 Å². The lowest BCUT2D eigenvalue weighted by molar-refractivity contribution is -0.122. The molecule has 2 N–H and O–H groups in total. The molecule has 1 aromatic heterocycles. The average molecular weight is 306 g/mol. The number of aromatic nitrogens is 1. The van der Waals surface area contributed by atoms with Crippen LogP contribution in [-0.2, 0) is 11.3 Å². The minimum Gasteiger partial charge on any atom is -0.408 e. The summed E-state index contributed by atoms with van der Waals surface area (Å²) < 4.78 is 6.40. The number of hydrogen-bond donors (Lipinski definition) is 2. The maximum absolute atomic E-state index is 12.1. The van der Waals surface area contributed by atoms with Crippen molar-refractivity contribution in [3.05, 3.63) is 34.8 Å². The Bertz CT molecular complexity index is 712. The van der Waals surface area contributed by atoms with Crippen LogP contribution in [0.25, 0.3) is 11.1 Å². The number of nitrogens with one attached hydrogen (secondary N) is 1. The summed E-state index contributed by atoms with van der Waals surface area (Å²) in [5.41, 5.74) is 0.855. The Balaban J connectivity index is 2.03. The van der Waals surface area contributed by atoms with E-state index in [0.717, 1.165) is 0 Å². The molecule has 0 aliphatic carbocycles. The van der Waals surface area contributed by atoms with Crippen molar-refractivity contribution in [1.29, 1.82) is 0 Å². The quantitative estimate of drug-likeness (QED) is 0.847. The van der Waals surface area contributed by atoms with E-state index in [2.05, 4.69) is 5.32 Å². The largest absolute Gasteiger partial charge is 0.420 e. The van der Waals surface area contributed by atoms with Crippen LogP contribution in [0.1, 0.15) is 27.2 Å². The predicted octanol–water partition coefficient (Wildman–Crippen LogP) is 1.51. The highest BCUT2D eigenvalue weighted by atomic mass is 16.4. The first-order valence-corrected chi connectivity index (χ1v) is 7.32. The van der Waals surface area contributed by atoms with Gasteiger partial charge in [0, 0.05) is 6.54 Å². The van der Waals surface area contributed by atoms with Gasteiger partial charge in [0.05, 0.1) is 11.6 Å². The summed E-state index contributed by atoms with van der Waals surface area (Å²) in [5.74, 6) is -0.799. The molecule has 0 aliphatic rings. The zero-order valence-electron chi connectivity index (χ0n) is 13.1. The van der Waals surface area contributed by atoms with Crippen molar-refractivity contribution in [3.63, 3.8) is 0 Å². The van der Waals surface area contributed by atoms with Crippen LogP contribution in [0.5, 0.6) is 0 Å². The van der Waals surface area contributed by atoms with E-state index in [4.69, 9.17) is 4.42 Å². The van der Waals surface area contributed by atoms with Crippen molar-refractivity contribution in [2.45, 2.75) is 39.8 Å². The standard InChI is InChI=1S/C16H22N2O4/c1-11(19)8-16(2,3)10-17-14(20)9-18-12-6-4-5-7-13(12)22-15(18)21/h4-7,11,19H,8-10H2,1-3H3,(H,17,20). The van der Waals surface area contributed by atoms with Crippen LogP contribution in [0.15, 0.2) is 33.5 Å². The molecule has 0 saturated heterocycles. The number of fused-ring (bicyclic) bond motifs is 1. The van der Waals surface area contributed by atoms with Gasteiger partial charge in [-0.1, -0.05) is 26.0 Å². The smallest absolute Gasteiger partial charge is 0.408 e. The van der Waals surface area contributed by atoms with E-state index in [1.807, 2.05) is 13.8 Å². The van der Waals surface area contributed by atoms with Gasteiger partial charge >= 0.3 is 5.76 Å². The Morgan fingerprint density at radius 1 is 1.41 bits per heavy atom. The molecule has 0 saturated carbocycles. The monoisotopic (exact) mass is 306 g/mol. The Morgan fingerprint density at radius 3 is 2.77 bits per heavy atom. The summed E-state index contributed by atoms with van der Waals surface area (Å²) in [6.07, 6.45) is 0.161. The lowest BCUT2D eigenvalue weighted by Crippen LogP contribution is -2.38. The van der Waals surface area contributed by atoms with E-state index in [-0.39, 0.29) is 17.9 Å². The third kappa shape index (κ3) is 3.98. The molecule has 6 nitrogen and oxygen atoms in total. The fourth-order valence-corrected chi connectivity index (χ4v) is 2.57. The Labute approximate surface area is 128 Å². The topological polar surface area (TPSA) is 84.5 Å². The van der Waals surface area contributed by atoms with Crippen molar-refractivity contribution in [2.24, 2.45) is 5.41 Å². The SMILES string of the molecule is CC(O)CC(C)(C)CNC(=O)Cn1c(=O)oc2ccccc21. The number of oxazole rings is 1. The van der Waals surface area contributed by atoms with E-state index in [0.29, 0.717) is 24.1 Å². The molecule has 0 spiro atoms. The van der Waals surface area contributed by atoms with Gasteiger partial charge in [-0.05, 0) is 30.9 Å². The Morgan fingerprint density at radius 2 is 2.09 bits per heavy atom. The predicted molar refractivity (Wildman–Crippen MR) is 83.6 cm³/mol. The molecule has 0 aliphatic heterocycles. The minimum atomic E-state index is -0.542. The van der Waals surface area contributed by atoms with Crippen molar-refractivity contribution < 1.29 is 14.3 Å². The van der Waals surface area contributed by atoms with Gasteiger partial charge in [0.15, 0.2) is 5.58 Å². The second-order valence-electron chi connectivity index (χ2n) is 6.42. The molecule has 1 aromatic carbocycles. The fourth-order valence-electron chi connectivity index (χ4n) is 2.57. The molecule has 22 heavy (non-hydrogen) atoms. The van der Waals surface area contributed by atoms with Crippen LogP contribution in [-0.4, -0.2) is 28.2 Å². The molecule has 2 aromatic rings. The average Bonchev–Trinajstić information content (AvgIpc) is 2.72. The van der Waals surface area contributed by atoms with Gasteiger partial charge in [-0.2, -0.15) is 0 Å². The zero-order chi connectivity index (χ0) is 16.3. The van der Waals surface area contributed by atoms with Crippen LogP contribution in [0.2, 0.25) is 0 Å². The number of aliphatic hydroxyl groups excluding tert-OH is 1. The van der Waals surface area contributed by atoms with Crippen LogP contribution in [0.3, 0.4) is 0 Å². The first-order chi connectivity index (χ1) is 10.3. The van der Waals surface area contributed by atoms with Gasteiger partial charge in [0.25, 0.3) is 0 Å². The molecule has 1 atom stereocenters. The third-order valence-electron chi connectivity index (χ3n) is 3.49. The van der Waals surface area contributed by atoms with Crippen LogP contribution in [0.4, 0.5) is 0 Å². The maximum atomic E-state index is 12.1. The number of nitrogens with zero attached hydrogens (tertiary/aromatic N) is 1. The van der Waals surface area contributed by atoms with Gasteiger partial charge < -0.3 is 14.8 Å². The maximum Gasteiger partial charge on any atom is 0.420 e. The molecule has 1 heterocycles. The highest BCUT2D eigenvalue weighted by molar-refractivity contribution is 5.79. The molecule has 6 heteroatoms. The molecule has 1 amide bonds.